The molecule has 0 amide bonds. The first kappa shape index (κ1) is 12.0. The largest absolute Gasteiger partial charge is 0.361 e. The lowest BCUT2D eigenvalue weighted by atomic mass is 10.2. The molecule has 0 aromatic heterocycles. The van der Waals surface area contributed by atoms with Crippen LogP contribution in [0.1, 0.15) is 13.8 Å². The van der Waals surface area contributed by atoms with Crippen LogP contribution in [0.2, 0.25) is 0 Å². The van der Waals surface area contributed by atoms with Crippen LogP contribution in [-0.4, -0.2) is 33.9 Å². The number of benzene rings is 1. The molecule has 0 saturated heterocycles. The summed E-state index contributed by atoms with van der Waals surface area (Å²) in [4.78, 5) is 1.71. The van der Waals surface area contributed by atoms with Crippen molar-refractivity contribution in [2.75, 3.05) is 11.4 Å². The van der Waals surface area contributed by atoms with Gasteiger partial charge in [0.1, 0.15) is 0 Å². The van der Waals surface area contributed by atoms with E-state index in [9.17, 15) is 0 Å². The van der Waals surface area contributed by atoms with Gasteiger partial charge in [0.05, 0.1) is 6.54 Å². The van der Waals surface area contributed by atoms with Crippen LogP contribution in [0.4, 0.5) is 5.69 Å². The topological polar surface area (TPSA) is 63.9 Å². The monoisotopic (exact) mass is 211 g/mol. The summed E-state index contributed by atoms with van der Waals surface area (Å²) < 4.78 is 0. The minimum absolute atomic E-state index is 0.0678. The van der Waals surface area contributed by atoms with E-state index in [0.717, 1.165) is 5.69 Å². The quantitative estimate of drug-likeness (QED) is 0.636. The van der Waals surface area contributed by atoms with Gasteiger partial charge in [0.2, 0.25) is 0 Å². The van der Waals surface area contributed by atoms with E-state index in [4.69, 9.17) is 15.3 Å². The smallest absolute Gasteiger partial charge is 0.294 e. The van der Waals surface area contributed by atoms with Crippen molar-refractivity contribution in [3.63, 3.8) is 0 Å². The van der Waals surface area contributed by atoms with Gasteiger partial charge >= 0.3 is 0 Å². The Morgan fingerprint density at radius 2 is 1.67 bits per heavy atom. The third-order valence-electron chi connectivity index (χ3n) is 2.09. The third kappa shape index (κ3) is 3.87. The molecule has 84 valence electrons. The molecule has 0 bridgehead atoms. The number of aliphatic hydroxyl groups is 3. The molecule has 0 radical (unpaired) electrons. The maximum Gasteiger partial charge on any atom is 0.294 e. The van der Waals surface area contributed by atoms with E-state index < -0.39 is 5.97 Å². The second kappa shape index (κ2) is 4.61. The van der Waals surface area contributed by atoms with Crippen molar-refractivity contribution >= 4 is 5.69 Å². The lowest BCUT2D eigenvalue weighted by Gasteiger charge is -2.32. The number of nitrogens with zero attached hydrogens (tertiary/aromatic N) is 1. The predicted octanol–water partition coefficient (Wildman–Crippen LogP) is 0.532. The van der Waals surface area contributed by atoms with E-state index in [0.29, 0.717) is 0 Å². The van der Waals surface area contributed by atoms with Crippen LogP contribution in [0, 0.1) is 0 Å². The minimum atomic E-state index is -2.67. The average molecular weight is 211 g/mol. The fourth-order valence-electron chi connectivity index (χ4n) is 1.42. The highest BCUT2D eigenvalue weighted by atomic mass is 16.7. The van der Waals surface area contributed by atoms with Gasteiger partial charge < -0.3 is 20.2 Å². The Labute approximate surface area is 89.4 Å². The molecule has 3 N–H and O–H groups in total. The Morgan fingerprint density at radius 1 is 1.13 bits per heavy atom. The van der Waals surface area contributed by atoms with Crippen molar-refractivity contribution in [1.82, 2.24) is 0 Å². The van der Waals surface area contributed by atoms with Crippen LogP contribution in [0.5, 0.6) is 0 Å². The Kier molecular flexibility index (Phi) is 3.68. The molecule has 0 aliphatic carbocycles. The van der Waals surface area contributed by atoms with Gasteiger partial charge in [-0.05, 0) is 26.0 Å². The van der Waals surface area contributed by atoms with Gasteiger partial charge in [-0.3, -0.25) is 0 Å². The van der Waals surface area contributed by atoms with E-state index in [1.807, 2.05) is 44.2 Å². The van der Waals surface area contributed by atoms with Crippen LogP contribution in [0.3, 0.4) is 0 Å². The van der Waals surface area contributed by atoms with Gasteiger partial charge in [-0.2, -0.15) is 0 Å². The van der Waals surface area contributed by atoms with Gasteiger partial charge in [0.25, 0.3) is 5.97 Å². The normalized spacial score (nSPS) is 11.9. The van der Waals surface area contributed by atoms with Crippen molar-refractivity contribution in [2.24, 2.45) is 0 Å². The van der Waals surface area contributed by atoms with Crippen molar-refractivity contribution in [2.45, 2.75) is 25.9 Å². The molecule has 0 unspecified atom stereocenters. The summed E-state index contributed by atoms with van der Waals surface area (Å²) in [5.41, 5.74) is 0.842. The Hall–Kier alpha value is -1.10. The summed E-state index contributed by atoms with van der Waals surface area (Å²) in [6.07, 6.45) is 0. The third-order valence-corrected chi connectivity index (χ3v) is 2.09. The first-order chi connectivity index (χ1) is 6.90. The van der Waals surface area contributed by atoms with Gasteiger partial charge in [0, 0.05) is 11.7 Å². The molecule has 0 saturated carbocycles. The van der Waals surface area contributed by atoms with Crippen LogP contribution >= 0.6 is 0 Å². The molecular weight excluding hydrogens is 194 g/mol. The number of para-hydroxylation sites is 1. The average Bonchev–Trinajstić information content (AvgIpc) is 2.14. The second-order valence-corrected chi connectivity index (χ2v) is 3.83. The lowest BCUT2D eigenvalue weighted by Crippen LogP contribution is -2.46. The Balaban J connectivity index is 2.85. The molecule has 0 aliphatic rings. The van der Waals surface area contributed by atoms with Gasteiger partial charge in [0.15, 0.2) is 0 Å². The number of hydrogen-bond donors (Lipinski definition) is 3. The zero-order chi connectivity index (χ0) is 11.5. The summed E-state index contributed by atoms with van der Waals surface area (Å²) in [6.45, 7) is 3.59. The molecular formula is C11H17NO3. The van der Waals surface area contributed by atoms with Crippen molar-refractivity contribution in [1.29, 1.82) is 0 Å². The van der Waals surface area contributed by atoms with E-state index in [1.165, 1.54) is 0 Å². The van der Waals surface area contributed by atoms with Crippen molar-refractivity contribution < 1.29 is 15.3 Å². The summed E-state index contributed by atoms with van der Waals surface area (Å²) in [7, 11) is 0. The lowest BCUT2D eigenvalue weighted by molar-refractivity contribution is -0.303. The first-order valence-corrected chi connectivity index (χ1v) is 4.89. The molecule has 0 aliphatic heterocycles. The second-order valence-electron chi connectivity index (χ2n) is 3.83. The Morgan fingerprint density at radius 3 is 2.07 bits per heavy atom. The Bertz CT molecular complexity index is 292. The summed E-state index contributed by atoms with van der Waals surface area (Å²) in [5, 5.41) is 26.9. The zero-order valence-corrected chi connectivity index (χ0v) is 8.96. The summed E-state index contributed by atoms with van der Waals surface area (Å²) in [5.74, 6) is -2.67. The fourth-order valence-corrected chi connectivity index (χ4v) is 1.42. The number of hydrogen-bond acceptors (Lipinski definition) is 4. The molecule has 0 fully saturated rings. The molecule has 4 heteroatoms. The summed E-state index contributed by atoms with van der Waals surface area (Å²) >= 11 is 0. The standard InChI is InChI=1S/C11H17NO3/c1-9(2)12(8-11(13,14)15)10-6-4-3-5-7-10/h3-7,9,13-15H,8H2,1-2H3. The highest BCUT2D eigenvalue weighted by Crippen LogP contribution is 2.17. The van der Waals surface area contributed by atoms with Crippen LogP contribution in [0.25, 0.3) is 0 Å². The zero-order valence-electron chi connectivity index (χ0n) is 8.96. The predicted molar refractivity (Wildman–Crippen MR) is 58.3 cm³/mol. The fraction of sp³-hybridized carbons (Fsp3) is 0.455. The first-order valence-electron chi connectivity index (χ1n) is 4.89. The minimum Gasteiger partial charge on any atom is -0.361 e. The number of rotatable bonds is 4. The van der Waals surface area contributed by atoms with Crippen LogP contribution < -0.4 is 4.90 Å². The maximum absolute atomic E-state index is 8.97. The maximum atomic E-state index is 8.97. The molecule has 1 aromatic carbocycles. The van der Waals surface area contributed by atoms with E-state index in [1.54, 1.807) is 4.90 Å². The van der Waals surface area contributed by atoms with E-state index in [-0.39, 0.29) is 12.6 Å². The highest BCUT2D eigenvalue weighted by Gasteiger charge is 2.24. The number of anilines is 1. The van der Waals surface area contributed by atoms with Crippen molar-refractivity contribution in [3.8, 4) is 0 Å². The van der Waals surface area contributed by atoms with Crippen molar-refractivity contribution in [3.05, 3.63) is 30.3 Å². The molecule has 4 nitrogen and oxygen atoms in total. The SMILES string of the molecule is CC(C)N(CC(O)(O)O)c1ccccc1. The molecule has 15 heavy (non-hydrogen) atoms. The van der Waals surface area contributed by atoms with Crippen LogP contribution in [-0.2, 0) is 0 Å². The van der Waals surface area contributed by atoms with E-state index in [2.05, 4.69) is 0 Å². The van der Waals surface area contributed by atoms with E-state index >= 15 is 0 Å². The highest BCUT2D eigenvalue weighted by molar-refractivity contribution is 5.46. The molecule has 1 aromatic rings. The molecule has 0 atom stereocenters. The molecule has 0 spiro atoms. The van der Waals surface area contributed by atoms with Crippen LogP contribution in [0.15, 0.2) is 30.3 Å². The summed E-state index contributed by atoms with van der Waals surface area (Å²) in [6, 6.07) is 9.37. The van der Waals surface area contributed by atoms with Gasteiger partial charge in [-0.1, -0.05) is 18.2 Å². The molecule has 1 rings (SSSR count). The van der Waals surface area contributed by atoms with Gasteiger partial charge in [-0.25, -0.2) is 0 Å². The van der Waals surface area contributed by atoms with Gasteiger partial charge in [-0.15, -0.1) is 0 Å². The molecule has 0 heterocycles.